The number of benzene rings is 2. The summed E-state index contributed by atoms with van der Waals surface area (Å²) in [6.07, 6.45) is 1.45. The molecule has 4 rings (SSSR count). The van der Waals surface area contributed by atoms with Gasteiger partial charge in [0.25, 0.3) is 5.91 Å². The molecule has 2 saturated heterocycles. The lowest BCUT2D eigenvalue weighted by molar-refractivity contribution is -0.213. The van der Waals surface area contributed by atoms with Gasteiger partial charge in [0.05, 0.1) is 23.6 Å². The Labute approximate surface area is 167 Å². The number of nitrogens with zero attached hydrogens (tertiary/aromatic N) is 2. The zero-order valence-corrected chi connectivity index (χ0v) is 16.0. The fourth-order valence-electron chi connectivity index (χ4n) is 3.77. The highest BCUT2D eigenvalue weighted by atomic mass is 35.5. The third kappa shape index (κ3) is 3.75. The second kappa shape index (κ2) is 7.53. The van der Waals surface area contributed by atoms with Crippen LogP contribution in [0.3, 0.4) is 0 Å². The number of carbonyl (C=O) groups is 2. The van der Waals surface area contributed by atoms with Gasteiger partial charge in [0.1, 0.15) is 11.4 Å². The molecule has 2 heterocycles. The molecule has 0 radical (unpaired) electrons. The summed E-state index contributed by atoms with van der Waals surface area (Å²) < 4.78 is 13.2. The molecule has 2 aliphatic heterocycles. The van der Waals surface area contributed by atoms with Gasteiger partial charge in [0.2, 0.25) is 5.91 Å². The highest BCUT2D eigenvalue weighted by Gasteiger charge is 2.47. The number of hydrogen-bond acceptors (Lipinski definition) is 3. The summed E-state index contributed by atoms with van der Waals surface area (Å²) in [6, 6.07) is 13.5. The summed E-state index contributed by atoms with van der Waals surface area (Å²) in [4.78, 5) is 32.9. The van der Waals surface area contributed by atoms with Crippen molar-refractivity contribution in [2.75, 3.05) is 13.1 Å². The monoisotopic (exact) mass is 402 g/mol. The Morgan fingerprint density at radius 1 is 1.14 bits per heavy atom. The fourth-order valence-corrected chi connectivity index (χ4v) is 4.02. The van der Waals surface area contributed by atoms with E-state index >= 15 is 0 Å². The average Bonchev–Trinajstić information content (AvgIpc) is 2.97. The van der Waals surface area contributed by atoms with E-state index in [0.29, 0.717) is 38.9 Å². The third-order valence-corrected chi connectivity index (χ3v) is 5.66. The first-order valence-electron chi connectivity index (χ1n) is 9.24. The van der Waals surface area contributed by atoms with Crippen molar-refractivity contribution in [3.63, 3.8) is 0 Å². The molecule has 5 nitrogen and oxygen atoms in total. The molecule has 0 saturated carbocycles. The van der Waals surface area contributed by atoms with Crippen molar-refractivity contribution in [2.45, 2.75) is 31.4 Å². The standard InChI is InChI=1S/C21H20ClFN2O3/c22-18-12-16(23)6-7-17(18)20(27)24-10-8-21(9-11-24)13-19(26)25(28-21)14-15-4-2-1-3-5-15/h1-7,12H,8-11,13-14H2. The van der Waals surface area contributed by atoms with Gasteiger partial charge in [-0.2, -0.15) is 0 Å². The number of piperidine rings is 1. The maximum atomic E-state index is 13.2. The molecule has 0 aromatic heterocycles. The molecule has 146 valence electrons. The molecule has 0 N–H and O–H groups in total. The van der Waals surface area contributed by atoms with E-state index in [1.807, 2.05) is 30.3 Å². The van der Waals surface area contributed by atoms with E-state index in [1.54, 1.807) is 4.90 Å². The number of amides is 2. The highest BCUT2D eigenvalue weighted by molar-refractivity contribution is 6.33. The van der Waals surface area contributed by atoms with Crippen LogP contribution in [0.15, 0.2) is 48.5 Å². The van der Waals surface area contributed by atoms with E-state index in [1.165, 1.54) is 17.2 Å². The van der Waals surface area contributed by atoms with Crippen molar-refractivity contribution in [1.29, 1.82) is 0 Å². The normalized spacial score (nSPS) is 18.7. The molecule has 7 heteroatoms. The second-order valence-corrected chi connectivity index (χ2v) is 7.69. The first-order chi connectivity index (χ1) is 13.5. The van der Waals surface area contributed by atoms with Gasteiger partial charge < -0.3 is 4.90 Å². The lowest BCUT2D eigenvalue weighted by Crippen LogP contribution is -2.47. The summed E-state index contributed by atoms with van der Waals surface area (Å²) in [5.41, 5.74) is 0.731. The fraction of sp³-hybridized carbons (Fsp3) is 0.333. The van der Waals surface area contributed by atoms with Gasteiger partial charge in [0, 0.05) is 13.1 Å². The zero-order chi connectivity index (χ0) is 19.7. The summed E-state index contributed by atoms with van der Waals surface area (Å²) in [5.74, 6) is -0.744. The van der Waals surface area contributed by atoms with Crippen LogP contribution in [-0.2, 0) is 16.2 Å². The van der Waals surface area contributed by atoms with Crippen LogP contribution in [0.2, 0.25) is 5.02 Å². The smallest absolute Gasteiger partial charge is 0.255 e. The Morgan fingerprint density at radius 3 is 2.54 bits per heavy atom. The molecule has 0 aliphatic carbocycles. The number of carbonyl (C=O) groups excluding carboxylic acids is 2. The van der Waals surface area contributed by atoms with Gasteiger partial charge in [-0.05, 0) is 36.6 Å². The third-order valence-electron chi connectivity index (χ3n) is 5.35. The number of hydroxylamine groups is 2. The minimum atomic E-state index is -0.560. The van der Waals surface area contributed by atoms with Crippen LogP contribution in [0, 0.1) is 5.82 Å². The van der Waals surface area contributed by atoms with Crippen molar-refractivity contribution < 1.29 is 18.8 Å². The Bertz CT molecular complexity index is 898. The van der Waals surface area contributed by atoms with Gasteiger partial charge in [0.15, 0.2) is 0 Å². The zero-order valence-electron chi connectivity index (χ0n) is 15.2. The molecule has 2 aromatic rings. The summed E-state index contributed by atoms with van der Waals surface area (Å²) in [6.45, 7) is 1.33. The van der Waals surface area contributed by atoms with Gasteiger partial charge >= 0.3 is 0 Å². The van der Waals surface area contributed by atoms with Gasteiger partial charge in [-0.25, -0.2) is 9.45 Å². The molecule has 0 bridgehead atoms. The molecule has 0 unspecified atom stereocenters. The SMILES string of the molecule is O=C(c1ccc(F)cc1Cl)N1CCC2(CC1)CC(=O)N(Cc1ccccc1)O2. The lowest BCUT2D eigenvalue weighted by Gasteiger charge is -2.38. The van der Waals surface area contributed by atoms with Crippen molar-refractivity contribution >= 4 is 23.4 Å². The van der Waals surface area contributed by atoms with Crippen LogP contribution < -0.4 is 0 Å². The molecule has 1 spiro atoms. The molecular weight excluding hydrogens is 383 g/mol. The van der Waals surface area contributed by atoms with E-state index in [-0.39, 0.29) is 22.4 Å². The largest absolute Gasteiger partial charge is 0.338 e. The second-order valence-electron chi connectivity index (χ2n) is 7.28. The van der Waals surface area contributed by atoms with E-state index in [2.05, 4.69) is 0 Å². The molecule has 0 atom stereocenters. The molecular formula is C21H20ClFN2O3. The Morgan fingerprint density at radius 2 is 1.86 bits per heavy atom. The van der Waals surface area contributed by atoms with Gasteiger partial charge in [-0.1, -0.05) is 41.9 Å². The maximum absolute atomic E-state index is 13.2. The van der Waals surface area contributed by atoms with Crippen LogP contribution >= 0.6 is 11.6 Å². The van der Waals surface area contributed by atoms with E-state index < -0.39 is 11.4 Å². The van der Waals surface area contributed by atoms with Crippen LogP contribution in [0.25, 0.3) is 0 Å². The van der Waals surface area contributed by atoms with Crippen LogP contribution in [0.4, 0.5) is 4.39 Å². The van der Waals surface area contributed by atoms with Crippen LogP contribution in [-0.4, -0.2) is 40.5 Å². The molecule has 2 amide bonds. The predicted octanol–water partition coefficient (Wildman–Crippen LogP) is 3.82. The van der Waals surface area contributed by atoms with E-state index in [9.17, 15) is 14.0 Å². The number of rotatable bonds is 3. The van der Waals surface area contributed by atoms with Crippen molar-refractivity contribution in [1.82, 2.24) is 9.96 Å². The summed E-state index contributed by atoms with van der Waals surface area (Å²) >= 11 is 6.02. The number of halogens is 2. The predicted molar refractivity (Wildman–Crippen MR) is 102 cm³/mol. The maximum Gasteiger partial charge on any atom is 0.255 e. The molecule has 2 aromatic carbocycles. The van der Waals surface area contributed by atoms with E-state index in [4.69, 9.17) is 16.4 Å². The van der Waals surface area contributed by atoms with Crippen LogP contribution in [0.1, 0.15) is 35.2 Å². The van der Waals surface area contributed by atoms with Crippen molar-refractivity contribution in [2.24, 2.45) is 0 Å². The number of likely N-dealkylation sites (tertiary alicyclic amines) is 1. The topological polar surface area (TPSA) is 49.9 Å². The van der Waals surface area contributed by atoms with Crippen molar-refractivity contribution in [3.05, 3.63) is 70.5 Å². The van der Waals surface area contributed by atoms with E-state index in [0.717, 1.165) is 11.6 Å². The first-order valence-corrected chi connectivity index (χ1v) is 9.61. The molecule has 28 heavy (non-hydrogen) atoms. The minimum Gasteiger partial charge on any atom is -0.338 e. The average molecular weight is 403 g/mol. The quantitative estimate of drug-likeness (QED) is 0.784. The highest BCUT2D eigenvalue weighted by Crippen LogP contribution is 2.37. The lowest BCUT2D eigenvalue weighted by atomic mass is 9.88. The number of hydrogen-bond donors (Lipinski definition) is 0. The van der Waals surface area contributed by atoms with Crippen molar-refractivity contribution in [3.8, 4) is 0 Å². The Balaban J connectivity index is 1.39. The molecule has 2 aliphatic rings. The van der Waals surface area contributed by atoms with Gasteiger partial charge in [-0.3, -0.25) is 14.4 Å². The first kappa shape index (κ1) is 18.9. The molecule has 2 fully saturated rings. The Kier molecular flexibility index (Phi) is 5.08. The van der Waals surface area contributed by atoms with Crippen LogP contribution in [0.5, 0.6) is 0 Å². The summed E-state index contributed by atoms with van der Waals surface area (Å²) in [5, 5.41) is 1.54. The Hall–Kier alpha value is -2.44. The van der Waals surface area contributed by atoms with Gasteiger partial charge in [-0.15, -0.1) is 0 Å². The summed E-state index contributed by atoms with van der Waals surface area (Å²) in [7, 11) is 0. The minimum absolute atomic E-state index is 0.0368.